The summed E-state index contributed by atoms with van der Waals surface area (Å²) >= 11 is 0. The third kappa shape index (κ3) is 1.78. The molecule has 0 spiro atoms. The molecule has 1 aliphatic carbocycles. The lowest BCUT2D eigenvalue weighted by molar-refractivity contribution is 0.478. The highest BCUT2D eigenvalue weighted by Gasteiger charge is 2.20. The van der Waals surface area contributed by atoms with Crippen molar-refractivity contribution in [1.29, 1.82) is 5.26 Å². The first-order valence-corrected chi connectivity index (χ1v) is 5.62. The fourth-order valence-corrected chi connectivity index (χ4v) is 1.86. The predicted molar refractivity (Wildman–Crippen MR) is 62.8 cm³/mol. The molecule has 0 radical (unpaired) electrons. The van der Waals surface area contributed by atoms with E-state index in [1.165, 1.54) is 23.6 Å². The second kappa shape index (κ2) is 3.67. The molecule has 0 atom stereocenters. The van der Waals surface area contributed by atoms with Crippen LogP contribution in [0.5, 0.6) is 5.75 Å². The van der Waals surface area contributed by atoms with Crippen LogP contribution in [-0.4, -0.2) is 21.3 Å². The van der Waals surface area contributed by atoms with Gasteiger partial charge in [0.15, 0.2) is 0 Å². The highest BCUT2D eigenvalue weighted by Crippen LogP contribution is 2.30. The molecule has 0 bridgehead atoms. The maximum atomic E-state index is 9.88. The molecule has 2 aromatic heterocycles. The number of hydrogen-bond acceptors (Lipinski definition) is 4. The maximum absolute atomic E-state index is 9.88. The maximum Gasteiger partial charge on any atom is 0.144 e. The van der Waals surface area contributed by atoms with Crippen LogP contribution < -0.4 is 5.32 Å². The van der Waals surface area contributed by atoms with Crippen molar-refractivity contribution in [3.05, 3.63) is 24.0 Å². The quantitative estimate of drug-likeness (QED) is 0.839. The molecule has 5 nitrogen and oxygen atoms in total. The Bertz CT molecular complexity index is 607. The molecule has 1 fully saturated rings. The minimum absolute atomic E-state index is 0.0832. The average Bonchev–Trinajstić information content (AvgIpc) is 3.05. The van der Waals surface area contributed by atoms with Crippen molar-refractivity contribution in [1.82, 2.24) is 9.61 Å². The molecule has 2 heterocycles. The van der Waals surface area contributed by atoms with Gasteiger partial charge in [0.25, 0.3) is 0 Å². The summed E-state index contributed by atoms with van der Waals surface area (Å²) in [6.45, 7) is 0.928. The molecule has 3 rings (SSSR count). The molecular formula is C12H12N4O. The van der Waals surface area contributed by atoms with Gasteiger partial charge >= 0.3 is 0 Å². The van der Waals surface area contributed by atoms with Crippen molar-refractivity contribution in [2.75, 3.05) is 11.9 Å². The molecule has 0 aliphatic heterocycles. The van der Waals surface area contributed by atoms with E-state index in [0.717, 1.165) is 18.2 Å². The Morgan fingerprint density at radius 2 is 2.41 bits per heavy atom. The first-order chi connectivity index (χ1) is 8.28. The highest BCUT2D eigenvalue weighted by atomic mass is 16.3. The molecule has 2 N–H and O–H groups in total. The van der Waals surface area contributed by atoms with E-state index in [-0.39, 0.29) is 5.75 Å². The fraction of sp³-hybridized carbons (Fsp3) is 0.333. The number of aromatic nitrogens is 2. The van der Waals surface area contributed by atoms with Crippen molar-refractivity contribution in [2.45, 2.75) is 12.8 Å². The number of hydrogen-bond donors (Lipinski definition) is 2. The van der Waals surface area contributed by atoms with Crippen molar-refractivity contribution in [3.63, 3.8) is 0 Å². The number of nitrogens with zero attached hydrogens (tertiary/aromatic N) is 3. The van der Waals surface area contributed by atoms with Crippen molar-refractivity contribution < 1.29 is 5.11 Å². The summed E-state index contributed by atoms with van der Waals surface area (Å²) in [7, 11) is 0. The molecule has 0 unspecified atom stereocenters. The van der Waals surface area contributed by atoms with Crippen molar-refractivity contribution in [3.8, 4) is 11.8 Å². The van der Waals surface area contributed by atoms with E-state index in [9.17, 15) is 5.11 Å². The summed E-state index contributed by atoms with van der Waals surface area (Å²) in [5, 5.41) is 26.1. The summed E-state index contributed by atoms with van der Waals surface area (Å²) in [6.07, 6.45) is 5.81. The first kappa shape index (κ1) is 9.97. The van der Waals surface area contributed by atoms with E-state index in [1.807, 2.05) is 6.07 Å². The fourth-order valence-electron chi connectivity index (χ4n) is 1.86. The Balaban J connectivity index is 1.96. The molecule has 0 aromatic carbocycles. The predicted octanol–water partition coefficient (Wildman–Crippen LogP) is 1.73. The number of pyridine rings is 1. The summed E-state index contributed by atoms with van der Waals surface area (Å²) in [5.41, 5.74) is 1.68. The van der Waals surface area contributed by atoms with Crippen LogP contribution in [0, 0.1) is 17.2 Å². The van der Waals surface area contributed by atoms with Crippen LogP contribution in [0.3, 0.4) is 0 Å². The van der Waals surface area contributed by atoms with Crippen LogP contribution in [0.1, 0.15) is 18.4 Å². The smallest absolute Gasteiger partial charge is 0.144 e. The lowest BCUT2D eigenvalue weighted by atomic mass is 10.2. The topological polar surface area (TPSA) is 73.4 Å². The Labute approximate surface area is 98.3 Å². The zero-order valence-electron chi connectivity index (χ0n) is 9.22. The zero-order valence-corrected chi connectivity index (χ0v) is 9.22. The van der Waals surface area contributed by atoms with Gasteiger partial charge in [0.05, 0.1) is 18.1 Å². The molecule has 5 heteroatoms. The number of aromatic hydroxyl groups is 1. The van der Waals surface area contributed by atoms with Crippen LogP contribution in [-0.2, 0) is 0 Å². The molecule has 0 amide bonds. The summed E-state index contributed by atoms with van der Waals surface area (Å²) in [6, 6.07) is 3.65. The highest BCUT2D eigenvalue weighted by molar-refractivity contribution is 5.71. The lowest BCUT2D eigenvalue weighted by Crippen LogP contribution is -2.04. The second-order valence-electron chi connectivity index (χ2n) is 4.40. The standard InChI is InChI=1S/C12H12N4O/c13-4-9-6-15-16-7-10(3-11(17)12(9)16)14-5-8-1-2-8/h3,6-8,14,17H,1-2,5H2. The average molecular weight is 228 g/mol. The van der Waals surface area contributed by atoms with Gasteiger partial charge in [-0.3, -0.25) is 0 Å². The van der Waals surface area contributed by atoms with Gasteiger partial charge in [-0.1, -0.05) is 0 Å². The van der Waals surface area contributed by atoms with E-state index >= 15 is 0 Å². The third-order valence-electron chi connectivity index (χ3n) is 3.00. The third-order valence-corrected chi connectivity index (χ3v) is 3.00. The summed E-state index contributed by atoms with van der Waals surface area (Å²) < 4.78 is 1.53. The Morgan fingerprint density at radius 1 is 1.59 bits per heavy atom. The molecule has 0 saturated heterocycles. The van der Waals surface area contributed by atoms with Gasteiger partial charge in [-0.05, 0) is 18.8 Å². The number of anilines is 1. The van der Waals surface area contributed by atoms with Crippen molar-refractivity contribution in [2.24, 2.45) is 5.92 Å². The van der Waals surface area contributed by atoms with Gasteiger partial charge in [0.1, 0.15) is 22.9 Å². The second-order valence-corrected chi connectivity index (χ2v) is 4.40. The zero-order chi connectivity index (χ0) is 11.8. The van der Waals surface area contributed by atoms with Crippen molar-refractivity contribution >= 4 is 11.2 Å². The Morgan fingerprint density at radius 3 is 3.12 bits per heavy atom. The van der Waals surface area contributed by atoms with Gasteiger partial charge in [-0.2, -0.15) is 10.4 Å². The minimum Gasteiger partial charge on any atom is -0.506 e. The normalized spacial score (nSPS) is 14.8. The minimum atomic E-state index is 0.0832. The van der Waals surface area contributed by atoms with E-state index in [4.69, 9.17) is 5.26 Å². The van der Waals surface area contributed by atoms with E-state index in [2.05, 4.69) is 10.4 Å². The van der Waals surface area contributed by atoms with E-state index in [1.54, 1.807) is 12.3 Å². The lowest BCUT2D eigenvalue weighted by Gasteiger charge is -2.07. The van der Waals surface area contributed by atoms with E-state index in [0.29, 0.717) is 11.1 Å². The number of nitriles is 1. The van der Waals surface area contributed by atoms with Gasteiger partial charge in [-0.15, -0.1) is 0 Å². The van der Waals surface area contributed by atoms with Crippen LogP contribution in [0.2, 0.25) is 0 Å². The number of nitrogens with one attached hydrogen (secondary N) is 1. The number of rotatable bonds is 3. The molecule has 1 aliphatic rings. The van der Waals surface area contributed by atoms with Gasteiger partial charge in [0, 0.05) is 12.6 Å². The van der Waals surface area contributed by atoms with Gasteiger partial charge in [-0.25, -0.2) is 4.52 Å². The first-order valence-electron chi connectivity index (χ1n) is 5.62. The van der Waals surface area contributed by atoms with Crippen LogP contribution in [0.15, 0.2) is 18.5 Å². The van der Waals surface area contributed by atoms with E-state index < -0.39 is 0 Å². The summed E-state index contributed by atoms with van der Waals surface area (Å²) in [4.78, 5) is 0. The molecular weight excluding hydrogens is 216 g/mol. The SMILES string of the molecule is N#Cc1cnn2cc(NCC3CC3)cc(O)c12. The Kier molecular flexibility index (Phi) is 2.15. The molecule has 2 aromatic rings. The molecule has 1 saturated carbocycles. The molecule has 17 heavy (non-hydrogen) atoms. The van der Waals surface area contributed by atoms with Crippen LogP contribution >= 0.6 is 0 Å². The van der Waals surface area contributed by atoms with Gasteiger partial charge in [0.2, 0.25) is 0 Å². The monoisotopic (exact) mass is 228 g/mol. The summed E-state index contributed by atoms with van der Waals surface area (Å²) in [5.74, 6) is 0.847. The molecule has 86 valence electrons. The number of fused-ring (bicyclic) bond motifs is 1. The van der Waals surface area contributed by atoms with Gasteiger partial charge < -0.3 is 10.4 Å². The van der Waals surface area contributed by atoms with Crippen LogP contribution in [0.4, 0.5) is 5.69 Å². The Hall–Kier alpha value is -2.22. The van der Waals surface area contributed by atoms with Crippen LogP contribution in [0.25, 0.3) is 5.52 Å². The largest absolute Gasteiger partial charge is 0.506 e.